The number of anilines is 1. The summed E-state index contributed by atoms with van der Waals surface area (Å²) in [6.07, 6.45) is 11.7. The molecular formula is C23H25N5O3. The summed E-state index contributed by atoms with van der Waals surface area (Å²) < 4.78 is 5.88. The van der Waals surface area contributed by atoms with E-state index in [4.69, 9.17) is 10.5 Å². The summed E-state index contributed by atoms with van der Waals surface area (Å²) in [5.74, 6) is 0.147. The maximum atomic E-state index is 12.8. The van der Waals surface area contributed by atoms with E-state index in [-0.39, 0.29) is 17.7 Å². The lowest BCUT2D eigenvalue weighted by Crippen LogP contribution is -2.25. The Morgan fingerprint density at radius 1 is 1.19 bits per heavy atom. The van der Waals surface area contributed by atoms with Gasteiger partial charge in [-0.25, -0.2) is 0 Å². The molecule has 3 aromatic rings. The zero-order valence-corrected chi connectivity index (χ0v) is 17.1. The van der Waals surface area contributed by atoms with E-state index in [1.54, 1.807) is 30.9 Å². The summed E-state index contributed by atoms with van der Waals surface area (Å²) in [4.78, 5) is 36.3. The van der Waals surface area contributed by atoms with Crippen LogP contribution in [0.1, 0.15) is 51.2 Å². The van der Waals surface area contributed by atoms with Crippen molar-refractivity contribution in [2.24, 2.45) is 5.73 Å². The number of hydrogen-bond acceptors (Lipinski definition) is 6. The third-order valence-corrected chi connectivity index (χ3v) is 5.34. The first-order valence-electron chi connectivity index (χ1n) is 10.4. The van der Waals surface area contributed by atoms with Crippen LogP contribution < -0.4 is 15.8 Å². The summed E-state index contributed by atoms with van der Waals surface area (Å²) in [6.45, 7) is 0.400. The highest BCUT2D eigenvalue weighted by Gasteiger charge is 2.26. The summed E-state index contributed by atoms with van der Waals surface area (Å²) in [6, 6.07) is 5.53. The minimum absolute atomic E-state index is 0.00139. The van der Waals surface area contributed by atoms with Gasteiger partial charge < -0.3 is 20.8 Å². The van der Waals surface area contributed by atoms with E-state index in [1.165, 1.54) is 6.20 Å². The first kappa shape index (κ1) is 20.7. The van der Waals surface area contributed by atoms with Crippen LogP contribution >= 0.6 is 0 Å². The molecule has 1 unspecified atom stereocenters. The molecule has 4 rings (SSSR count). The van der Waals surface area contributed by atoms with Crippen LogP contribution in [0.5, 0.6) is 5.75 Å². The van der Waals surface area contributed by atoms with Crippen molar-refractivity contribution < 1.29 is 14.3 Å². The number of hydrogen-bond donors (Lipinski definition) is 3. The number of nitrogens with zero attached hydrogens (tertiary/aromatic N) is 2. The first-order chi connectivity index (χ1) is 15.1. The maximum Gasteiger partial charge on any atom is 0.258 e. The summed E-state index contributed by atoms with van der Waals surface area (Å²) in [7, 11) is 0. The van der Waals surface area contributed by atoms with Crippen molar-refractivity contribution in [3.63, 3.8) is 0 Å². The van der Waals surface area contributed by atoms with E-state index >= 15 is 0 Å². The molecule has 0 bridgehead atoms. The predicted molar refractivity (Wildman–Crippen MR) is 116 cm³/mol. The molecular weight excluding hydrogens is 394 g/mol. The Labute approximate surface area is 180 Å². The van der Waals surface area contributed by atoms with Crippen LogP contribution in [0, 0.1) is 0 Å². The minimum Gasteiger partial charge on any atom is -0.491 e. The van der Waals surface area contributed by atoms with Crippen LogP contribution in [0.2, 0.25) is 0 Å². The molecule has 160 valence electrons. The number of amides is 1. The molecule has 0 aliphatic heterocycles. The van der Waals surface area contributed by atoms with E-state index in [9.17, 15) is 9.59 Å². The van der Waals surface area contributed by atoms with E-state index in [2.05, 4.69) is 20.3 Å². The molecule has 3 heterocycles. The molecule has 31 heavy (non-hydrogen) atoms. The summed E-state index contributed by atoms with van der Waals surface area (Å²) >= 11 is 0. The van der Waals surface area contributed by atoms with Crippen molar-refractivity contribution in [3.8, 4) is 5.75 Å². The zero-order valence-electron chi connectivity index (χ0n) is 17.1. The number of H-pyrrole nitrogens is 1. The lowest BCUT2D eigenvalue weighted by Gasteiger charge is -2.15. The Balaban J connectivity index is 1.37. The zero-order chi connectivity index (χ0) is 21.6. The van der Waals surface area contributed by atoms with Gasteiger partial charge in [-0.15, -0.1) is 0 Å². The van der Waals surface area contributed by atoms with Gasteiger partial charge in [0.05, 0.1) is 23.9 Å². The number of aromatic nitrogens is 3. The van der Waals surface area contributed by atoms with Crippen molar-refractivity contribution in [1.82, 2.24) is 15.0 Å². The average molecular weight is 419 g/mol. The van der Waals surface area contributed by atoms with Gasteiger partial charge in [0.25, 0.3) is 5.91 Å². The van der Waals surface area contributed by atoms with Crippen molar-refractivity contribution >= 4 is 17.4 Å². The fraction of sp³-hybridized carbons (Fsp3) is 0.304. The molecule has 1 amide bonds. The number of aromatic amines is 1. The maximum absolute atomic E-state index is 12.8. The van der Waals surface area contributed by atoms with E-state index in [0.29, 0.717) is 42.0 Å². The van der Waals surface area contributed by atoms with Crippen LogP contribution in [0.4, 0.5) is 5.69 Å². The quantitative estimate of drug-likeness (QED) is 0.516. The van der Waals surface area contributed by atoms with Crippen molar-refractivity contribution in [1.29, 1.82) is 0 Å². The number of carbonyl (C=O) groups excluding carboxylic acids is 2. The second-order valence-corrected chi connectivity index (χ2v) is 7.62. The molecule has 8 heteroatoms. The number of ketones is 1. The monoisotopic (exact) mass is 419 g/mol. The summed E-state index contributed by atoms with van der Waals surface area (Å²) in [5, 5.41) is 2.82. The number of nitrogens with two attached hydrogens (primary N) is 1. The predicted octanol–water partition coefficient (Wildman–Crippen LogP) is 2.91. The first-order valence-corrected chi connectivity index (χ1v) is 10.4. The second kappa shape index (κ2) is 9.53. The second-order valence-electron chi connectivity index (χ2n) is 7.62. The van der Waals surface area contributed by atoms with Gasteiger partial charge in [-0.3, -0.25) is 19.6 Å². The van der Waals surface area contributed by atoms with Crippen molar-refractivity contribution in [2.45, 2.75) is 38.1 Å². The molecule has 1 aliphatic rings. The molecule has 0 fully saturated rings. The van der Waals surface area contributed by atoms with Gasteiger partial charge in [0, 0.05) is 49.0 Å². The molecule has 4 N–H and O–H groups in total. The highest BCUT2D eigenvalue weighted by Crippen LogP contribution is 2.27. The number of nitrogens with one attached hydrogen (secondary N) is 2. The Hall–Kier alpha value is -3.52. The number of ether oxygens (including phenoxy) is 1. The van der Waals surface area contributed by atoms with Gasteiger partial charge in [-0.2, -0.15) is 0 Å². The third-order valence-electron chi connectivity index (χ3n) is 5.34. The average Bonchev–Trinajstić information content (AvgIpc) is 3.21. The third kappa shape index (κ3) is 4.97. The number of pyridine rings is 2. The molecule has 0 aromatic carbocycles. The number of fused-ring (bicyclic) bond motifs is 1. The SMILES string of the molecule is NC(CCOc1ccncc1NC(=O)c1c[nH]c2c1C(=O)CCC2)Cc1ccncc1. The topological polar surface area (TPSA) is 123 Å². The van der Waals surface area contributed by atoms with Crippen molar-refractivity contribution in [3.05, 3.63) is 71.6 Å². The van der Waals surface area contributed by atoms with Crippen LogP contribution in [-0.4, -0.2) is 39.3 Å². The number of Topliss-reactive ketones (excluding diaryl/α,β-unsaturated/α-hetero) is 1. The fourth-order valence-electron chi connectivity index (χ4n) is 3.75. The van der Waals surface area contributed by atoms with Crippen LogP contribution in [-0.2, 0) is 12.8 Å². The van der Waals surface area contributed by atoms with Crippen LogP contribution in [0.15, 0.2) is 49.2 Å². The van der Waals surface area contributed by atoms with Gasteiger partial charge in [0.1, 0.15) is 11.4 Å². The fourth-order valence-corrected chi connectivity index (χ4v) is 3.75. The summed E-state index contributed by atoms with van der Waals surface area (Å²) in [5.41, 5.74) is 9.47. The highest BCUT2D eigenvalue weighted by molar-refractivity contribution is 6.13. The molecule has 8 nitrogen and oxygen atoms in total. The number of carbonyl (C=O) groups is 2. The minimum atomic E-state index is -0.361. The van der Waals surface area contributed by atoms with Gasteiger partial charge >= 0.3 is 0 Å². The molecule has 0 spiro atoms. The van der Waals surface area contributed by atoms with Crippen molar-refractivity contribution in [2.75, 3.05) is 11.9 Å². The highest BCUT2D eigenvalue weighted by atomic mass is 16.5. The Morgan fingerprint density at radius 3 is 2.84 bits per heavy atom. The Bertz CT molecular complexity index is 1060. The lowest BCUT2D eigenvalue weighted by molar-refractivity contribution is 0.0956. The Morgan fingerprint density at radius 2 is 2.00 bits per heavy atom. The largest absolute Gasteiger partial charge is 0.491 e. The number of rotatable bonds is 8. The van der Waals surface area contributed by atoms with E-state index in [1.807, 2.05) is 12.1 Å². The smallest absolute Gasteiger partial charge is 0.258 e. The molecule has 0 radical (unpaired) electrons. The van der Waals surface area contributed by atoms with Gasteiger partial charge in [-0.1, -0.05) is 0 Å². The normalized spacial score (nSPS) is 14.0. The standard InChI is InChI=1S/C23H25N5O3/c24-16(12-15-4-8-25-9-5-15)7-11-31-21-6-10-26-14-19(21)28-23(30)17-13-27-18-2-1-3-20(29)22(17)18/h4-6,8-10,13-14,16,27H,1-3,7,11-12,24H2,(H,28,30). The van der Waals surface area contributed by atoms with Gasteiger partial charge in [-0.05, 0) is 43.4 Å². The molecule has 1 aliphatic carbocycles. The molecule has 0 saturated carbocycles. The van der Waals surface area contributed by atoms with Crippen LogP contribution in [0.3, 0.4) is 0 Å². The van der Waals surface area contributed by atoms with E-state index < -0.39 is 0 Å². The molecule has 3 aromatic heterocycles. The molecule has 0 saturated heterocycles. The van der Waals surface area contributed by atoms with Crippen LogP contribution in [0.25, 0.3) is 0 Å². The van der Waals surface area contributed by atoms with E-state index in [0.717, 1.165) is 30.5 Å². The molecule has 1 atom stereocenters. The number of aryl methyl sites for hydroxylation is 1. The lowest BCUT2D eigenvalue weighted by atomic mass is 9.93. The Kier molecular flexibility index (Phi) is 6.37. The van der Waals surface area contributed by atoms with Gasteiger partial charge in [0.15, 0.2) is 5.78 Å². The van der Waals surface area contributed by atoms with Gasteiger partial charge in [0.2, 0.25) is 0 Å².